The minimum atomic E-state index is -0.825. The number of hydrogen-bond donors (Lipinski definition) is 1. The number of phenolic OH excluding ortho intramolecular Hbond substituents is 1. The maximum Gasteiger partial charge on any atom is 0.332 e. The maximum absolute atomic E-state index is 14.1. The standard InChI is InChI=1S/C16H12ClF2NO4/c1-8(21)24-20-15(11-7-9(18)3-5-12(11)19)10-4-6-13(23-2)14(17)16(10)22/h3-7,22H,1-2H3/b20-15-. The molecule has 24 heavy (non-hydrogen) atoms. The maximum atomic E-state index is 14.1. The number of oxime groups is 1. The van der Waals surface area contributed by atoms with Crippen LogP contribution in [-0.4, -0.2) is 23.9 Å². The monoisotopic (exact) mass is 355 g/mol. The third-order valence-electron chi connectivity index (χ3n) is 3.00. The smallest absolute Gasteiger partial charge is 0.332 e. The van der Waals surface area contributed by atoms with E-state index in [2.05, 4.69) is 9.99 Å². The number of rotatable bonds is 4. The van der Waals surface area contributed by atoms with Gasteiger partial charge in [-0.1, -0.05) is 16.8 Å². The quantitative estimate of drug-likeness (QED) is 0.516. The molecule has 2 rings (SSSR count). The van der Waals surface area contributed by atoms with Crippen molar-refractivity contribution >= 4 is 23.3 Å². The average Bonchev–Trinajstić information content (AvgIpc) is 2.54. The van der Waals surface area contributed by atoms with Crippen molar-refractivity contribution in [1.82, 2.24) is 0 Å². The molecular formula is C16H12ClF2NO4. The summed E-state index contributed by atoms with van der Waals surface area (Å²) in [6.45, 7) is 1.09. The molecule has 0 unspecified atom stereocenters. The van der Waals surface area contributed by atoms with Gasteiger partial charge in [0, 0.05) is 18.1 Å². The molecule has 2 aromatic carbocycles. The number of carbonyl (C=O) groups is 1. The molecule has 0 heterocycles. The lowest BCUT2D eigenvalue weighted by Gasteiger charge is -2.12. The minimum Gasteiger partial charge on any atom is -0.506 e. The van der Waals surface area contributed by atoms with E-state index in [0.717, 1.165) is 25.1 Å². The molecule has 0 saturated heterocycles. The highest BCUT2D eigenvalue weighted by Gasteiger charge is 2.21. The fourth-order valence-electron chi connectivity index (χ4n) is 1.93. The van der Waals surface area contributed by atoms with Crippen molar-refractivity contribution in [3.8, 4) is 11.5 Å². The number of ether oxygens (including phenoxy) is 1. The van der Waals surface area contributed by atoms with Crippen LogP contribution in [0.4, 0.5) is 8.78 Å². The minimum absolute atomic E-state index is 0.0634. The van der Waals surface area contributed by atoms with Crippen LogP contribution in [0.25, 0.3) is 0 Å². The zero-order chi connectivity index (χ0) is 17.9. The van der Waals surface area contributed by atoms with Crippen molar-refractivity contribution in [3.05, 3.63) is 58.1 Å². The molecule has 2 aromatic rings. The average molecular weight is 356 g/mol. The van der Waals surface area contributed by atoms with Gasteiger partial charge in [0.2, 0.25) is 0 Å². The molecule has 0 aliphatic rings. The van der Waals surface area contributed by atoms with Crippen LogP contribution in [0.5, 0.6) is 11.5 Å². The summed E-state index contributed by atoms with van der Waals surface area (Å²) in [6.07, 6.45) is 0. The largest absolute Gasteiger partial charge is 0.506 e. The molecular weight excluding hydrogens is 344 g/mol. The second kappa shape index (κ2) is 7.27. The van der Waals surface area contributed by atoms with Gasteiger partial charge in [-0.15, -0.1) is 0 Å². The molecule has 1 N–H and O–H groups in total. The molecule has 0 bridgehead atoms. The second-order valence-electron chi connectivity index (χ2n) is 4.62. The van der Waals surface area contributed by atoms with E-state index in [1.807, 2.05) is 0 Å². The topological polar surface area (TPSA) is 68.1 Å². The summed E-state index contributed by atoms with van der Waals surface area (Å²) in [5.74, 6) is -2.65. The predicted molar refractivity (Wildman–Crippen MR) is 83.4 cm³/mol. The molecule has 0 aliphatic heterocycles. The number of phenols is 1. The van der Waals surface area contributed by atoms with Crippen LogP contribution in [0.15, 0.2) is 35.5 Å². The van der Waals surface area contributed by atoms with Crippen molar-refractivity contribution in [2.45, 2.75) is 6.92 Å². The number of hydrogen-bond acceptors (Lipinski definition) is 5. The SMILES string of the molecule is COc1ccc(/C(=N/OC(C)=O)c2cc(F)ccc2F)c(O)c1Cl. The lowest BCUT2D eigenvalue weighted by atomic mass is 10.0. The van der Waals surface area contributed by atoms with E-state index in [1.54, 1.807) is 0 Å². The normalized spacial score (nSPS) is 11.3. The molecule has 5 nitrogen and oxygen atoms in total. The fraction of sp³-hybridized carbons (Fsp3) is 0.125. The number of aromatic hydroxyl groups is 1. The molecule has 0 radical (unpaired) electrons. The summed E-state index contributed by atoms with van der Waals surface area (Å²) in [7, 11) is 1.35. The Bertz CT molecular complexity index is 824. The summed E-state index contributed by atoms with van der Waals surface area (Å²) in [5.41, 5.74) is -0.677. The Labute approximate surface area is 141 Å². The number of halogens is 3. The number of methoxy groups -OCH3 is 1. The molecule has 0 saturated carbocycles. The van der Waals surface area contributed by atoms with Crippen molar-refractivity contribution in [2.75, 3.05) is 7.11 Å². The Morgan fingerprint density at radius 1 is 1.21 bits per heavy atom. The first-order chi connectivity index (χ1) is 11.3. The van der Waals surface area contributed by atoms with E-state index in [-0.39, 0.29) is 27.6 Å². The van der Waals surface area contributed by atoms with Crippen molar-refractivity contribution in [1.29, 1.82) is 0 Å². The number of benzene rings is 2. The molecule has 0 spiro atoms. The Balaban J connectivity index is 2.68. The molecule has 0 fully saturated rings. The van der Waals surface area contributed by atoms with Crippen molar-refractivity contribution in [2.24, 2.45) is 5.16 Å². The number of carbonyl (C=O) groups excluding carboxylic acids is 1. The van der Waals surface area contributed by atoms with Crippen LogP contribution in [0.1, 0.15) is 18.1 Å². The highest BCUT2D eigenvalue weighted by Crippen LogP contribution is 2.37. The highest BCUT2D eigenvalue weighted by atomic mass is 35.5. The van der Waals surface area contributed by atoms with Crippen molar-refractivity contribution in [3.63, 3.8) is 0 Å². The molecule has 0 amide bonds. The fourth-order valence-corrected chi connectivity index (χ4v) is 2.17. The van der Waals surface area contributed by atoms with Gasteiger partial charge < -0.3 is 14.7 Å². The van der Waals surface area contributed by atoms with Crippen molar-refractivity contribution < 1.29 is 28.3 Å². The van der Waals surface area contributed by atoms with Gasteiger partial charge in [-0.25, -0.2) is 13.6 Å². The highest BCUT2D eigenvalue weighted by molar-refractivity contribution is 6.34. The number of nitrogens with zero attached hydrogens (tertiary/aromatic N) is 1. The second-order valence-corrected chi connectivity index (χ2v) is 5.00. The first-order valence-corrected chi connectivity index (χ1v) is 6.99. The van der Waals surface area contributed by atoms with Crippen LogP contribution in [0.3, 0.4) is 0 Å². The van der Waals surface area contributed by atoms with E-state index < -0.39 is 23.4 Å². The van der Waals surface area contributed by atoms with Gasteiger partial charge in [0.25, 0.3) is 0 Å². The van der Waals surface area contributed by atoms with E-state index in [1.165, 1.54) is 19.2 Å². The molecule has 0 aromatic heterocycles. The third-order valence-corrected chi connectivity index (χ3v) is 3.37. The van der Waals surface area contributed by atoms with Crippen LogP contribution >= 0.6 is 11.6 Å². The van der Waals surface area contributed by atoms with E-state index in [9.17, 15) is 18.7 Å². The van der Waals surface area contributed by atoms with Crippen LogP contribution in [-0.2, 0) is 9.63 Å². The summed E-state index contributed by atoms with van der Waals surface area (Å²) in [4.78, 5) is 15.5. The van der Waals surface area contributed by atoms with Crippen LogP contribution in [0.2, 0.25) is 5.02 Å². The third kappa shape index (κ3) is 3.62. The summed E-state index contributed by atoms with van der Waals surface area (Å²) < 4.78 is 32.5. The Kier molecular flexibility index (Phi) is 5.35. The van der Waals surface area contributed by atoms with Crippen LogP contribution < -0.4 is 4.74 Å². The van der Waals surface area contributed by atoms with Gasteiger partial charge in [0.05, 0.1) is 7.11 Å². The van der Waals surface area contributed by atoms with Gasteiger partial charge in [0.15, 0.2) is 0 Å². The first-order valence-electron chi connectivity index (χ1n) is 6.62. The summed E-state index contributed by atoms with van der Waals surface area (Å²) in [5, 5.41) is 13.6. The van der Waals surface area contributed by atoms with E-state index in [4.69, 9.17) is 16.3 Å². The predicted octanol–water partition coefficient (Wildman–Crippen LogP) is 3.65. The Morgan fingerprint density at radius 2 is 1.92 bits per heavy atom. The molecule has 0 atom stereocenters. The van der Waals surface area contributed by atoms with Gasteiger partial charge in [-0.3, -0.25) is 0 Å². The Hall–Kier alpha value is -2.67. The van der Waals surface area contributed by atoms with E-state index >= 15 is 0 Å². The lowest BCUT2D eigenvalue weighted by molar-refractivity contribution is -0.140. The Morgan fingerprint density at radius 3 is 2.54 bits per heavy atom. The molecule has 8 heteroatoms. The van der Waals surface area contributed by atoms with Gasteiger partial charge in [-0.2, -0.15) is 0 Å². The van der Waals surface area contributed by atoms with E-state index in [0.29, 0.717) is 0 Å². The van der Waals surface area contributed by atoms with Crippen LogP contribution in [0, 0.1) is 11.6 Å². The van der Waals surface area contributed by atoms with Gasteiger partial charge in [-0.05, 0) is 30.3 Å². The zero-order valence-corrected chi connectivity index (χ0v) is 13.4. The zero-order valence-electron chi connectivity index (χ0n) is 12.6. The molecule has 0 aliphatic carbocycles. The van der Waals surface area contributed by atoms with Gasteiger partial charge >= 0.3 is 5.97 Å². The van der Waals surface area contributed by atoms with Gasteiger partial charge in [0.1, 0.15) is 33.9 Å². The lowest BCUT2D eigenvalue weighted by Crippen LogP contribution is -2.09. The first kappa shape index (κ1) is 17.7. The molecule has 126 valence electrons. The summed E-state index contributed by atoms with van der Waals surface area (Å²) >= 11 is 5.96. The summed E-state index contributed by atoms with van der Waals surface area (Å²) in [6, 6.07) is 5.39.